The van der Waals surface area contributed by atoms with Crippen LogP contribution in [0.3, 0.4) is 0 Å². The van der Waals surface area contributed by atoms with Crippen LogP contribution in [0.25, 0.3) is 0 Å². The molecular weight excluding hydrogens is 228 g/mol. The monoisotopic (exact) mass is 254 g/mol. The van der Waals surface area contributed by atoms with Crippen LogP contribution in [0, 0.1) is 11.8 Å². The lowest BCUT2D eigenvalue weighted by molar-refractivity contribution is 0.0362. The zero-order valence-electron chi connectivity index (χ0n) is 11.5. The van der Waals surface area contributed by atoms with Crippen LogP contribution in [-0.4, -0.2) is 60.1 Å². The first kappa shape index (κ1) is 13.6. The van der Waals surface area contributed by atoms with Crippen molar-refractivity contribution in [3.8, 4) is 0 Å². The van der Waals surface area contributed by atoms with Gasteiger partial charge in [0.2, 0.25) is 0 Å². The van der Waals surface area contributed by atoms with Gasteiger partial charge in [-0.3, -0.25) is 0 Å². The first-order chi connectivity index (χ1) is 8.61. The number of fused-ring (bicyclic) bond motifs is 1. The van der Waals surface area contributed by atoms with E-state index >= 15 is 0 Å². The third kappa shape index (κ3) is 2.95. The van der Waals surface area contributed by atoms with Crippen molar-refractivity contribution in [1.82, 2.24) is 9.80 Å². The summed E-state index contributed by atoms with van der Waals surface area (Å²) in [5, 5.41) is 11.8. The van der Waals surface area contributed by atoms with Crippen LogP contribution < -0.4 is 5.73 Å². The Balaban J connectivity index is 1.87. The molecule has 3 atom stereocenters. The van der Waals surface area contributed by atoms with Crippen molar-refractivity contribution in [2.24, 2.45) is 22.7 Å². The molecule has 5 nitrogen and oxygen atoms in total. The number of oxime groups is 1. The van der Waals surface area contributed by atoms with Crippen LogP contribution >= 0.6 is 0 Å². The number of amidine groups is 1. The molecule has 0 bridgehead atoms. The Labute approximate surface area is 110 Å². The highest BCUT2D eigenvalue weighted by atomic mass is 16.4. The summed E-state index contributed by atoms with van der Waals surface area (Å²) in [7, 11) is 2.26. The van der Waals surface area contributed by atoms with Gasteiger partial charge in [0.05, 0.1) is 0 Å². The molecule has 2 heterocycles. The SMILES string of the molecule is CC(CN1CCC2C(CCCN2C)C1)C(N)=NO. The van der Waals surface area contributed by atoms with Crippen LogP contribution in [0.15, 0.2) is 5.16 Å². The third-order valence-electron chi connectivity index (χ3n) is 4.58. The minimum absolute atomic E-state index is 0.132. The average molecular weight is 254 g/mol. The van der Waals surface area contributed by atoms with E-state index in [1.54, 1.807) is 0 Å². The fraction of sp³-hybridized carbons (Fsp3) is 0.923. The summed E-state index contributed by atoms with van der Waals surface area (Å²) >= 11 is 0. The van der Waals surface area contributed by atoms with E-state index in [0.29, 0.717) is 5.84 Å². The van der Waals surface area contributed by atoms with Crippen molar-refractivity contribution >= 4 is 5.84 Å². The molecular formula is C13H26N4O. The van der Waals surface area contributed by atoms with Gasteiger partial charge < -0.3 is 20.7 Å². The first-order valence-electron chi connectivity index (χ1n) is 7.01. The highest BCUT2D eigenvalue weighted by molar-refractivity contribution is 5.82. The Morgan fingerprint density at radius 2 is 2.22 bits per heavy atom. The second-order valence-corrected chi connectivity index (χ2v) is 5.92. The summed E-state index contributed by atoms with van der Waals surface area (Å²) in [6.07, 6.45) is 3.93. The van der Waals surface area contributed by atoms with Crippen molar-refractivity contribution in [2.75, 3.05) is 33.2 Å². The molecule has 2 fully saturated rings. The molecule has 0 radical (unpaired) electrons. The number of nitrogens with zero attached hydrogens (tertiary/aromatic N) is 3. The number of likely N-dealkylation sites (tertiary alicyclic amines) is 2. The highest BCUT2D eigenvalue weighted by Gasteiger charge is 2.34. The molecule has 18 heavy (non-hydrogen) atoms. The first-order valence-corrected chi connectivity index (χ1v) is 7.01. The van der Waals surface area contributed by atoms with Gasteiger partial charge in [0.1, 0.15) is 5.84 Å². The van der Waals surface area contributed by atoms with Gasteiger partial charge in [-0.05, 0) is 45.3 Å². The predicted molar refractivity (Wildman–Crippen MR) is 72.8 cm³/mol. The molecule has 0 amide bonds. The minimum atomic E-state index is 0.132. The van der Waals surface area contributed by atoms with Gasteiger partial charge in [0, 0.05) is 25.0 Å². The topological polar surface area (TPSA) is 65.1 Å². The van der Waals surface area contributed by atoms with Gasteiger partial charge >= 0.3 is 0 Å². The Kier molecular flexibility index (Phi) is 4.45. The number of nitrogens with two attached hydrogens (primary N) is 1. The van der Waals surface area contributed by atoms with Crippen LogP contribution in [0.1, 0.15) is 26.2 Å². The second kappa shape index (κ2) is 5.89. The van der Waals surface area contributed by atoms with E-state index in [9.17, 15) is 0 Å². The summed E-state index contributed by atoms with van der Waals surface area (Å²) in [6.45, 7) is 6.48. The molecule has 2 aliphatic heterocycles. The number of hydrogen-bond donors (Lipinski definition) is 2. The molecule has 0 aromatic heterocycles. The molecule has 2 aliphatic rings. The highest BCUT2D eigenvalue weighted by Crippen LogP contribution is 2.29. The maximum Gasteiger partial charge on any atom is 0.143 e. The van der Waals surface area contributed by atoms with Gasteiger partial charge in [0.15, 0.2) is 0 Å². The normalized spacial score (nSPS) is 33.1. The molecule has 0 aromatic carbocycles. The molecule has 0 aliphatic carbocycles. The number of hydrogen-bond acceptors (Lipinski definition) is 4. The fourth-order valence-electron chi connectivity index (χ4n) is 3.47. The van der Waals surface area contributed by atoms with Gasteiger partial charge in [-0.2, -0.15) is 0 Å². The van der Waals surface area contributed by atoms with Crippen LogP contribution in [-0.2, 0) is 0 Å². The molecule has 3 N–H and O–H groups in total. The lowest BCUT2D eigenvalue weighted by Gasteiger charge is -2.46. The van der Waals surface area contributed by atoms with Gasteiger partial charge in [0.25, 0.3) is 0 Å². The summed E-state index contributed by atoms with van der Waals surface area (Å²) in [6, 6.07) is 0.772. The largest absolute Gasteiger partial charge is 0.409 e. The van der Waals surface area contributed by atoms with E-state index < -0.39 is 0 Å². The average Bonchev–Trinajstić information content (AvgIpc) is 2.38. The van der Waals surface area contributed by atoms with Gasteiger partial charge in [-0.25, -0.2) is 0 Å². The van der Waals surface area contributed by atoms with E-state index in [1.165, 1.54) is 25.8 Å². The molecule has 3 unspecified atom stereocenters. The minimum Gasteiger partial charge on any atom is -0.409 e. The molecule has 0 saturated carbocycles. The van der Waals surface area contributed by atoms with Gasteiger partial charge in [-0.15, -0.1) is 0 Å². The smallest absolute Gasteiger partial charge is 0.143 e. The third-order valence-corrected chi connectivity index (χ3v) is 4.58. The maximum atomic E-state index is 8.69. The summed E-state index contributed by atoms with van der Waals surface area (Å²) in [5.41, 5.74) is 5.65. The summed E-state index contributed by atoms with van der Waals surface area (Å²) < 4.78 is 0. The molecule has 0 aromatic rings. The van der Waals surface area contributed by atoms with E-state index in [4.69, 9.17) is 10.9 Å². The lowest BCUT2D eigenvalue weighted by atomic mass is 9.84. The maximum absolute atomic E-state index is 8.69. The van der Waals surface area contributed by atoms with Crippen molar-refractivity contribution in [3.63, 3.8) is 0 Å². The predicted octanol–water partition coefficient (Wildman–Crippen LogP) is 0.785. The Morgan fingerprint density at radius 3 is 2.94 bits per heavy atom. The van der Waals surface area contributed by atoms with Crippen LogP contribution in [0.4, 0.5) is 0 Å². The zero-order valence-corrected chi connectivity index (χ0v) is 11.5. The van der Waals surface area contributed by atoms with E-state index in [-0.39, 0.29) is 5.92 Å². The second-order valence-electron chi connectivity index (χ2n) is 5.92. The standard InChI is InChI=1S/C13H26N4O/c1-10(13(14)15-18)8-17-7-5-12-11(9-17)4-3-6-16(12)2/h10-12,18H,3-9H2,1-2H3,(H2,14,15). The summed E-state index contributed by atoms with van der Waals surface area (Å²) in [4.78, 5) is 5.00. The van der Waals surface area contributed by atoms with Crippen molar-refractivity contribution in [2.45, 2.75) is 32.2 Å². The van der Waals surface area contributed by atoms with Crippen LogP contribution in [0.2, 0.25) is 0 Å². The van der Waals surface area contributed by atoms with Crippen LogP contribution in [0.5, 0.6) is 0 Å². The Hall–Kier alpha value is -0.810. The Bertz CT molecular complexity index is 307. The van der Waals surface area contributed by atoms with Crippen molar-refractivity contribution in [3.05, 3.63) is 0 Å². The lowest BCUT2D eigenvalue weighted by Crippen LogP contribution is -2.53. The van der Waals surface area contributed by atoms with Crippen molar-refractivity contribution in [1.29, 1.82) is 0 Å². The Morgan fingerprint density at radius 1 is 1.44 bits per heavy atom. The molecule has 5 heteroatoms. The molecule has 0 spiro atoms. The van der Waals surface area contributed by atoms with E-state index in [1.807, 2.05) is 6.92 Å². The number of piperidine rings is 2. The quantitative estimate of drug-likeness (QED) is 0.338. The molecule has 2 saturated heterocycles. The number of rotatable bonds is 3. The zero-order chi connectivity index (χ0) is 13.1. The fourth-order valence-corrected chi connectivity index (χ4v) is 3.47. The van der Waals surface area contributed by atoms with E-state index in [2.05, 4.69) is 22.0 Å². The molecule has 2 rings (SSSR count). The summed E-state index contributed by atoms with van der Waals surface area (Å²) in [5.74, 6) is 1.28. The molecule has 104 valence electrons. The van der Waals surface area contributed by atoms with Crippen molar-refractivity contribution < 1.29 is 5.21 Å². The van der Waals surface area contributed by atoms with E-state index in [0.717, 1.165) is 31.6 Å². The van der Waals surface area contributed by atoms with Gasteiger partial charge in [-0.1, -0.05) is 12.1 Å².